The Morgan fingerprint density at radius 3 is 2.90 bits per heavy atom. The van der Waals surface area contributed by atoms with Crippen LogP contribution in [-0.2, 0) is 20.8 Å². The summed E-state index contributed by atoms with van der Waals surface area (Å²) in [5.41, 5.74) is 3.76. The van der Waals surface area contributed by atoms with Gasteiger partial charge in [0.15, 0.2) is 0 Å². The molecule has 2 heterocycles. The highest BCUT2D eigenvalue weighted by Gasteiger charge is 2.61. The van der Waals surface area contributed by atoms with Crippen molar-refractivity contribution in [2.75, 3.05) is 13.2 Å². The molecular weight excluding hydrogens is 388 g/mol. The smallest absolute Gasteiger partial charge is 0.220 e. The first-order valence-corrected chi connectivity index (χ1v) is 11.8. The summed E-state index contributed by atoms with van der Waals surface area (Å²) in [6, 6.07) is 4.03. The molecule has 7 atom stereocenters. The van der Waals surface area contributed by atoms with Crippen molar-refractivity contribution in [3.63, 3.8) is 0 Å². The summed E-state index contributed by atoms with van der Waals surface area (Å²) in [4.78, 5) is 13.9. The molecule has 1 aliphatic heterocycles. The molecule has 1 amide bonds. The second-order valence-electron chi connectivity index (χ2n) is 9.57. The lowest BCUT2D eigenvalue weighted by Gasteiger charge is -2.62. The Balaban J connectivity index is 1.48. The molecule has 0 unspecified atom stereocenters. The van der Waals surface area contributed by atoms with E-state index in [1.807, 2.05) is 17.5 Å². The summed E-state index contributed by atoms with van der Waals surface area (Å²) in [6.45, 7) is 6.43. The summed E-state index contributed by atoms with van der Waals surface area (Å²) < 4.78 is 12.2. The van der Waals surface area contributed by atoms with E-state index in [2.05, 4.69) is 24.9 Å². The zero-order valence-electron chi connectivity index (χ0n) is 17.6. The lowest BCUT2D eigenvalue weighted by Crippen LogP contribution is -2.66. The number of carbonyl (C=O) groups is 1. The van der Waals surface area contributed by atoms with Gasteiger partial charge in [-0.05, 0) is 54.4 Å². The minimum Gasteiger partial charge on any atom is -0.393 e. The molecule has 0 aromatic carbocycles. The minimum absolute atomic E-state index is 0.0323. The van der Waals surface area contributed by atoms with Gasteiger partial charge in [0.1, 0.15) is 6.54 Å². The van der Waals surface area contributed by atoms with Crippen LogP contribution in [0.2, 0.25) is 0 Å². The van der Waals surface area contributed by atoms with Crippen LogP contribution in [0.15, 0.2) is 17.5 Å². The highest BCUT2D eigenvalue weighted by atomic mass is 32.1. The van der Waals surface area contributed by atoms with Gasteiger partial charge in [0, 0.05) is 16.7 Å². The van der Waals surface area contributed by atoms with E-state index in [1.54, 1.807) is 11.3 Å². The molecule has 1 aromatic rings. The molecule has 0 bridgehead atoms. The largest absolute Gasteiger partial charge is 0.393 e. The van der Waals surface area contributed by atoms with E-state index in [9.17, 15) is 9.90 Å². The maximum atomic E-state index is 12.7. The van der Waals surface area contributed by atoms with Crippen molar-refractivity contribution < 1.29 is 25.1 Å². The molecule has 6 nitrogen and oxygen atoms in total. The Hall–Kier alpha value is -0.990. The zero-order chi connectivity index (χ0) is 20.6. The fourth-order valence-electron chi connectivity index (χ4n) is 6.31. The van der Waals surface area contributed by atoms with Crippen LogP contribution in [0.5, 0.6) is 0 Å². The molecule has 29 heavy (non-hydrogen) atoms. The molecule has 5 N–H and O–H groups in total. The third-order valence-electron chi connectivity index (χ3n) is 7.91. The molecule has 2 aliphatic carbocycles. The molecule has 0 radical (unpaired) electrons. The lowest BCUT2D eigenvalue weighted by molar-refractivity contribution is -0.432. The van der Waals surface area contributed by atoms with Gasteiger partial charge < -0.3 is 25.6 Å². The van der Waals surface area contributed by atoms with Gasteiger partial charge >= 0.3 is 0 Å². The van der Waals surface area contributed by atoms with E-state index < -0.39 is 6.10 Å². The summed E-state index contributed by atoms with van der Waals surface area (Å²) in [5.74, 6) is 0.371. The number of quaternary nitrogens is 1. The summed E-state index contributed by atoms with van der Waals surface area (Å²) in [5, 5.41) is 16.0. The van der Waals surface area contributed by atoms with Gasteiger partial charge in [0.2, 0.25) is 12.2 Å². The van der Waals surface area contributed by atoms with E-state index in [4.69, 9.17) is 9.47 Å². The Labute approximate surface area is 177 Å². The molecule has 0 spiro atoms. The fourth-order valence-corrected chi connectivity index (χ4v) is 6.95. The molecule has 162 valence electrons. The Morgan fingerprint density at radius 1 is 1.34 bits per heavy atom. The van der Waals surface area contributed by atoms with Gasteiger partial charge in [-0.25, -0.2) is 0 Å². The van der Waals surface area contributed by atoms with Crippen LogP contribution in [0.25, 0.3) is 0 Å². The maximum absolute atomic E-state index is 12.7. The number of nitrogens with one attached hydrogen (secondary N) is 1. The van der Waals surface area contributed by atoms with Crippen LogP contribution in [0, 0.1) is 22.7 Å². The van der Waals surface area contributed by atoms with Crippen LogP contribution in [0.1, 0.15) is 50.8 Å². The number of hydrogen-bond donors (Lipinski definition) is 3. The van der Waals surface area contributed by atoms with Gasteiger partial charge in [0.25, 0.3) is 0 Å². The molecule has 1 saturated heterocycles. The van der Waals surface area contributed by atoms with Gasteiger partial charge in [-0.2, -0.15) is 0 Å². The Morgan fingerprint density at radius 2 is 2.17 bits per heavy atom. The van der Waals surface area contributed by atoms with Crippen molar-refractivity contribution in [3.05, 3.63) is 22.4 Å². The normalized spacial score (nSPS) is 42.0. The minimum atomic E-state index is -0.429. The zero-order valence-corrected chi connectivity index (χ0v) is 18.4. The number of ether oxygens (including phenoxy) is 2. The van der Waals surface area contributed by atoms with Gasteiger partial charge in [-0.3, -0.25) is 4.79 Å². The molecule has 2 saturated carbocycles. The fraction of sp³-hybridized carbons (Fsp3) is 0.773. The van der Waals surface area contributed by atoms with Gasteiger partial charge in [-0.1, -0.05) is 19.9 Å². The first-order chi connectivity index (χ1) is 13.9. The van der Waals surface area contributed by atoms with Crippen LogP contribution in [0.3, 0.4) is 0 Å². The third-order valence-corrected chi connectivity index (χ3v) is 8.79. The van der Waals surface area contributed by atoms with E-state index in [-0.39, 0.29) is 35.0 Å². The number of fused-ring (bicyclic) bond motifs is 3. The van der Waals surface area contributed by atoms with E-state index in [1.165, 1.54) is 0 Å². The predicted octanol–water partition coefficient (Wildman–Crippen LogP) is 1.93. The van der Waals surface area contributed by atoms with Crippen LogP contribution >= 0.6 is 11.3 Å². The average molecular weight is 424 g/mol. The average Bonchev–Trinajstić information content (AvgIpc) is 3.22. The first-order valence-electron chi connectivity index (χ1n) is 10.9. The first kappa shape index (κ1) is 21.2. The van der Waals surface area contributed by atoms with E-state index >= 15 is 0 Å². The number of rotatable bonds is 5. The molecular formula is C22H35N2O4S+. The van der Waals surface area contributed by atoms with Crippen molar-refractivity contribution in [2.24, 2.45) is 22.7 Å². The van der Waals surface area contributed by atoms with E-state index in [0.717, 1.165) is 30.6 Å². The van der Waals surface area contributed by atoms with Gasteiger partial charge in [0.05, 0.1) is 25.4 Å². The summed E-state index contributed by atoms with van der Waals surface area (Å²) >= 11 is 1.65. The van der Waals surface area contributed by atoms with Gasteiger partial charge in [-0.15, -0.1) is 11.3 Å². The molecule has 1 aromatic heterocycles. The van der Waals surface area contributed by atoms with E-state index in [0.29, 0.717) is 32.0 Å². The van der Waals surface area contributed by atoms with Crippen LogP contribution < -0.4 is 11.1 Å². The van der Waals surface area contributed by atoms with Crippen LogP contribution in [-0.4, -0.2) is 42.7 Å². The summed E-state index contributed by atoms with van der Waals surface area (Å²) in [6.07, 6.45) is 3.54. The standard InChI is InChI=1S/C22H34N2O4S/c1-21-8-7-18-22(2,13-27-20(11-23)28-18)17(21)6-5-16(25)15(21)10-19(26)24-12-14-4-3-9-29-14/h3-4,9,15-18,20,25H,5-8,10-13,23H2,1-2H3,(H,24,26)/p+1/t15-,16-,17-,18-,20-,21+,22+/m1/s1. The highest BCUT2D eigenvalue weighted by Crippen LogP contribution is 2.62. The predicted molar refractivity (Wildman–Crippen MR) is 111 cm³/mol. The highest BCUT2D eigenvalue weighted by molar-refractivity contribution is 7.09. The number of thiophene rings is 1. The van der Waals surface area contributed by atoms with Crippen LogP contribution in [0.4, 0.5) is 0 Å². The molecule has 4 rings (SSSR count). The monoisotopic (exact) mass is 423 g/mol. The second kappa shape index (κ2) is 8.27. The SMILES string of the molecule is C[C@@]12CO[C@@H](C[NH3+])O[C@@H]1CC[C@]1(C)[C@H]2CC[C@@H](O)[C@H]1CC(=O)NCc1cccs1. The number of hydrogen-bond acceptors (Lipinski definition) is 5. The number of aliphatic hydroxyl groups is 1. The lowest BCUT2D eigenvalue weighted by atomic mass is 9.46. The van der Waals surface area contributed by atoms with Crippen molar-refractivity contribution in [2.45, 2.75) is 71.0 Å². The van der Waals surface area contributed by atoms with Crippen molar-refractivity contribution in [3.8, 4) is 0 Å². The maximum Gasteiger partial charge on any atom is 0.220 e. The Bertz CT molecular complexity index is 714. The summed E-state index contributed by atoms with van der Waals surface area (Å²) in [7, 11) is 0. The quantitative estimate of drug-likeness (QED) is 0.674. The van der Waals surface area contributed by atoms with Crippen molar-refractivity contribution in [1.82, 2.24) is 5.32 Å². The second-order valence-corrected chi connectivity index (χ2v) is 10.6. The van der Waals surface area contributed by atoms with Crippen molar-refractivity contribution in [1.29, 1.82) is 0 Å². The Kier molecular flexibility index (Phi) is 6.06. The number of aliphatic hydroxyl groups excluding tert-OH is 1. The molecule has 3 fully saturated rings. The topological polar surface area (TPSA) is 95.4 Å². The number of amides is 1. The third kappa shape index (κ3) is 3.88. The molecule has 7 heteroatoms. The molecule has 3 aliphatic rings. The van der Waals surface area contributed by atoms with Crippen molar-refractivity contribution >= 4 is 17.2 Å². The number of carbonyl (C=O) groups excluding carboxylic acids is 1.